The molecule has 0 saturated heterocycles. The fourth-order valence-corrected chi connectivity index (χ4v) is 3.23. The van der Waals surface area contributed by atoms with Gasteiger partial charge in [0.05, 0.1) is 0 Å². The lowest BCUT2D eigenvalue weighted by atomic mass is 9.92. The van der Waals surface area contributed by atoms with E-state index in [1.54, 1.807) is 60.7 Å². The van der Waals surface area contributed by atoms with Crippen LogP contribution in [0.4, 0.5) is 21.9 Å². The third kappa shape index (κ3) is 7.98. The van der Waals surface area contributed by atoms with Gasteiger partial charge in [0.25, 0.3) is 11.8 Å². The van der Waals surface area contributed by atoms with E-state index in [2.05, 4.69) is 16.0 Å². The lowest BCUT2D eigenvalue weighted by molar-refractivity contribution is -0.117. The van der Waals surface area contributed by atoms with Crippen LogP contribution in [0.25, 0.3) is 0 Å². The van der Waals surface area contributed by atoms with E-state index in [1.807, 2.05) is 20.8 Å². The molecule has 0 bridgehead atoms. The number of nitrogens with two attached hydrogens (primary N) is 1. The molecule has 9 heteroatoms. The number of primary amides is 1. The Bertz CT molecular complexity index is 1250. The molecule has 0 aliphatic rings. The fourth-order valence-electron chi connectivity index (χ4n) is 3.23. The molecule has 5 N–H and O–H groups in total. The highest BCUT2D eigenvalue weighted by molar-refractivity contribution is 6.06. The maximum Gasteiger partial charge on any atom is 0.409 e. The number of anilines is 3. The number of amides is 4. The van der Waals surface area contributed by atoms with Crippen molar-refractivity contribution in [2.75, 3.05) is 16.0 Å². The first kappa shape index (κ1) is 26.0. The van der Waals surface area contributed by atoms with Crippen molar-refractivity contribution < 1.29 is 23.9 Å². The third-order valence-electron chi connectivity index (χ3n) is 4.86. The molecule has 0 spiro atoms. The van der Waals surface area contributed by atoms with E-state index in [0.717, 1.165) is 0 Å². The lowest BCUT2D eigenvalue weighted by Crippen LogP contribution is -2.19. The van der Waals surface area contributed by atoms with E-state index in [1.165, 1.54) is 12.1 Å². The first-order chi connectivity index (χ1) is 17.0. The molecule has 0 unspecified atom stereocenters. The maximum absolute atomic E-state index is 12.6. The molecule has 4 amide bonds. The highest BCUT2D eigenvalue weighted by Crippen LogP contribution is 2.20. The molecule has 3 aromatic rings. The Morgan fingerprint density at radius 1 is 0.667 bits per heavy atom. The van der Waals surface area contributed by atoms with E-state index >= 15 is 0 Å². The van der Waals surface area contributed by atoms with Gasteiger partial charge in [0.15, 0.2) is 0 Å². The number of benzene rings is 3. The van der Waals surface area contributed by atoms with Gasteiger partial charge in [-0.15, -0.1) is 0 Å². The Kier molecular flexibility index (Phi) is 8.06. The zero-order chi connectivity index (χ0) is 26.3. The second-order valence-corrected chi connectivity index (χ2v) is 9.29. The maximum atomic E-state index is 12.6. The van der Waals surface area contributed by atoms with Crippen molar-refractivity contribution in [2.24, 2.45) is 11.1 Å². The van der Waals surface area contributed by atoms with Crippen molar-refractivity contribution in [2.45, 2.75) is 27.2 Å². The molecule has 3 rings (SSSR count). The molecular weight excluding hydrogens is 460 g/mol. The van der Waals surface area contributed by atoms with Crippen LogP contribution in [-0.2, 0) is 4.79 Å². The van der Waals surface area contributed by atoms with Crippen LogP contribution >= 0.6 is 0 Å². The molecule has 0 aliphatic carbocycles. The molecule has 0 atom stereocenters. The van der Waals surface area contributed by atoms with Gasteiger partial charge < -0.3 is 26.4 Å². The van der Waals surface area contributed by atoms with E-state index in [-0.39, 0.29) is 28.9 Å². The third-order valence-corrected chi connectivity index (χ3v) is 4.86. The Morgan fingerprint density at radius 2 is 1.06 bits per heavy atom. The van der Waals surface area contributed by atoms with Crippen molar-refractivity contribution in [1.29, 1.82) is 0 Å². The largest absolute Gasteiger partial charge is 0.411 e. The van der Waals surface area contributed by atoms with Crippen LogP contribution in [0.1, 0.15) is 47.9 Å². The van der Waals surface area contributed by atoms with Crippen LogP contribution in [0, 0.1) is 5.41 Å². The summed E-state index contributed by atoms with van der Waals surface area (Å²) in [6.45, 7) is 5.97. The van der Waals surface area contributed by atoms with Gasteiger partial charge in [-0.1, -0.05) is 20.8 Å². The SMILES string of the molecule is CC(C)(C)CC(=O)Nc1ccc(C(=O)Nc2ccc(C(=O)Nc3ccc(OC(N)=O)cc3)cc2)cc1. The zero-order valence-corrected chi connectivity index (χ0v) is 20.3. The number of hydrogen-bond acceptors (Lipinski definition) is 5. The van der Waals surface area contributed by atoms with Gasteiger partial charge in [0, 0.05) is 34.6 Å². The van der Waals surface area contributed by atoms with E-state index in [0.29, 0.717) is 34.6 Å². The van der Waals surface area contributed by atoms with Crippen LogP contribution in [-0.4, -0.2) is 23.8 Å². The van der Waals surface area contributed by atoms with Gasteiger partial charge in [-0.2, -0.15) is 0 Å². The van der Waals surface area contributed by atoms with Crippen molar-refractivity contribution in [3.8, 4) is 5.75 Å². The molecule has 0 aromatic heterocycles. The Hall–Kier alpha value is -4.66. The second-order valence-electron chi connectivity index (χ2n) is 9.29. The summed E-state index contributed by atoms with van der Waals surface area (Å²) in [4.78, 5) is 47.9. The van der Waals surface area contributed by atoms with Crippen LogP contribution in [0.2, 0.25) is 0 Å². The molecule has 0 aliphatic heterocycles. The summed E-state index contributed by atoms with van der Waals surface area (Å²) in [6.07, 6.45) is -0.530. The Morgan fingerprint density at radius 3 is 1.44 bits per heavy atom. The van der Waals surface area contributed by atoms with Crippen LogP contribution in [0.5, 0.6) is 5.75 Å². The summed E-state index contributed by atoms with van der Waals surface area (Å²) in [5.74, 6) is -0.489. The standard InChI is InChI=1S/C27H28N4O5/c1-27(2,3)16-23(32)29-19-8-4-17(5-9-19)24(33)30-20-10-6-18(7-11-20)25(34)31-21-12-14-22(15-13-21)36-26(28)35/h4-15H,16H2,1-3H3,(H2,28,35)(H,29,32)(H,30,33)(H,31,34). The number of carbonyl (C=O) groups excluding carboxylic acids is 4. The first-order valence-corrected chi connectivity index (χ1v) is 11.2. The quantitative estimate of drug-likeness (QED) is 0.370. The van der Waals surface area contributed by atoms with Gasteiger partial charge in [-0.25, -0.2) is 4.79 Å². The fraction of sp³-hybridized carbons (Fsp3) is 0.185. The van der Waals surface area contributed by atoms with Crippen molar-refractivity contribution in [1.82, 2.24) is 0 Å². The smallest absolute Gasteiger partial charge is 0.409 e. The average molecular weight is 489 g/mol. The number of hydrogen-bond donors (Lipinski definition) is 4. The number of ether oxygens (including phenoxy) is 1. The van der Waals surface area contributed by atoms with Gasteiger partial charge in [-0.05, 0) is 78.2 Å². The van der Waals surface area contributed by atoms with Gasteiger partial charge in [0.1, 0.15) is 5.75 Å². The highest BCUT2D eigenvalue weighted by Gasteiger charge is 2.16. The summed E-state index contributed by atoms with van der Waals surface area (Å²) in [5, 5.41) is 8.33. The van der Waals surface area contributed by atoms with Crippen molar-refractivity contribution >= 4 is 40.9 Å². The lowest BCUT2D eigenvalue weighted by Gasteiger charge is -2.17. The Balaban J connectivity index is 1.54. The summed E-state index contributed by atoms with van der Waals surface area (Å²) in [5.41, 5.74) is 7.30. The summed E-state index contributed by atoms with van der Waals surface area (Å²) in [7, 11) is 0. The minimum absolute atomic E-state index is 0.0852. The summed E-state index contributed by atoms with van der Waals surface area (Å²) < 4.78 is 4.75. The molecule has 0 fully saturated rings. The Labute approximate surface area is 209 Å². The zero-order valence-electron chi connectivity index (χ0n) is 20.3. The summed E-state index contributed by atoms with van der Waals surface area (Å²) >= 11 is 0. The van der Waals surface area contributed by atoms with Gasteiger partial charge in [-0.3, -0.25) is 14.4 Å². The monoisotopic (exact) mass is 488 g/mol. The van der Waals surface area contributed by atoms with E-state index < -0.39 is 6.09 Å². The summed E-state index contributed by atoms with van der Waals surface area (Å²) in [6, 6.07) is 19.2. The van der Waals surface area contributed by atoms with Crippen LogP contribution in [0.3, 0.4) is 0 Å². The molecule has 0 radical (unpaired) electrons. The number of carbonyl (C=O) groups is 4. The minimum atomic E-state index is -0.920. The molecule has 9 nitrogen and oxygen atoms in total. The number of nitrogens with one attached hydrogen (secondary N) is 3. The second kappa shape index (κ2) is 11.2. The van der Waals surface area contributed by atoms with Crippen molar-refractivity contribution in [3.05, 3.63) is 83.9 Å². The molecule has 0 heterocycles. The van der Waals surface area contributed by atoms with Gasteiger partial charge >= 0.3 is 6.09 Å². The average Bonchev–Trinajstić information content (AvgIpc) is 2.79. The number of rotatable bonds is 7. The van der Waals surface area contributed by atoms with E-state index in [9.17, 15) is 19.2 Å². The van der Waals surface area contributed by atoms with Crippen LogP contribution in [0.15, 0.2) is 72.8 Å². The van der Waals surface area contributed by atoms with Gasteiger partial charge in [0.2, 0.25) is 5.91 Å². The predicted molar refractivity (Wildman–Crippen MR) is 138 cm³/mol. The minimum Gasteiger partial charge on any atom is -0.411 e. The molecular formula is C27H28N4O5. The molecule has 0 saturated carbocycles. The topological polar surface area (TPSA) is 140 Å². The first-order valence-electron chi connectivity index (χ1n) is 11.2. The highest BCUT2D eigenvalue weighted by atomic mass is 16.5. The van der Waals surface area contributed by atoms with Crippen molar-refractivity contribution in [3.63, 3.8) is 0 Å². The normalized spacial score (nSPS) is 10.8. The molecule has 3 aromatic carbocycles. The predicted octanol–water partition coefficient (Wildman–Crippen LogP) is 5.02. The molecule has 186 valence electrons. The van der Waals surface area contributed by atoms with E-state index in [4.69, 9.17) is 10.5 Å². The molecule has 36 heavy (non-hydrogen) atoms. The van der Waals surface area contributed by atoms with Crippen LogP contribution < -0.4 is 26.4 Å².